The number of fused-ring (bicyclic) bond motifs is 2. The Kier molecular flexibility index (Phi) is 8.57. The molecule has 7 nitrogen and oxygen atoms in total. The van der Waals surface area contributed by atoms with E-state index in [0.29, 0.717) is 54.6 Å². The molecule has 2 aliphatic heterocycles. The Morgan fingerprint density at radius 3 is 2.74 bits per heavy atom. The minimum Gasteiger partial charge on any atom is -0.392 e. The van der Waals surface area contributed by atoms with Crippen molar-refractivity contribution in [3.8, 4) is 0 Å². The van der Waals surface area contributed by atoms with Crippen LogP contribution in [-0.2, 0) is 19.4 Å². The van der Waals surface area contributed by atoms with Gasteiger partial charge in [0.05, 0.1) is 22.5 Å². The maximum atomic E-state index is 13.2. The second-order valence-corrected chi connectivity index (χ2v) is 9.62. The van der Waals surface area contributed by atoms with E-state index in [1.165, 1.54) is 17.3 Å². The fourth-order valence-electron chi connectivity index (χ4n) is 4.77. The molecule has 0 aliphatic carbocycles. The lowest BCUT2D eigenvalue weighted by Crippen LogP contribution is -2.41. The normalized spacial score (nSPS) is 17.1. The Bertz CT molecular complexity index is 1100. The second-order valence-electron chi connectivity index (χ2n) is 9.21. The number of halogens is 1. The van der Waals surface area contributed by atoms with E-state index in [0.717, 1.165) is 31.5 Å². The highest BCUT2D eigenvalue weighted by atomic mass is 35.5. The summed E-state index contributed by atoms with van der Waals surface area (Å²) in [5, 5.41) is 25.0. The Hall–Kier alpha value is -2.71. The molecule has 0 radical (unpaired) electrons. The number of hydrogen-bond donors (Lipinski definition) is 4. The van der Waals surface area contributed by atoms with Gasteiger partial charge in [-0.2, -0.15) is 0 Å². The molecular formula is C27H34ClN5O2. The van der Waals surface area contributed by atoms with Gasteiger partial charge in [0.25, 0.3) is 5.91 Å². The summed E-state index contributed by atoms with van der Waals surface area (Å²) in [4.78, 5) is 17.4. The maximum absolute atomic E-state index is 13.2. The first-order chi connectivity index (χ1) is 17.0. The van der Waals surface area contributed by atoms with Crippen molar-refractivity contribution in [1.29, 1.82) is 5.41 Å². The number of anilines is 1. The topological polar surface area (TPSA) is 91.7 Å². The van der Waals surface area contributed by atoms with Crippen LogP contribution in [0.3, 0.4) is 0 Å². The van der Waals surface area contributed by atoms with Gasteiger partial charge in [-0.15, -0.1) is 0 Å². The number of amides is 1. The molecule has 1 amide bonds. The molecule has 35 heavy (non-hydrogen) atoms. The van der Waals surface area contributed by atoms with Crippen LogP contribution in [0, 0.1) is 5.41 Å². The number of likely N-dealkylation sites (N-methyl/N-ethyl adjacent to an activating group) is 1. The van der Waals surface area contributed by atoms with Gasteiger partial charge in [-0.05, 0) is 61.2 Å². The van der Waals surface area contributed by atoms with E-state index in [1.54, 1.807) is 6.07 Å². The minimum atomic E-state index is -0.482. The first-order valence-electron chi connectivity index (χ1n) is 12.2. The van der Waals surface area contributed by atoms with Gasteiger partial charge in [0.1, 0.15) is 0 Å². The smallest absolute Gasteiger partial charge is 0.254 e. The fourth-order valence-corrected chi connectivity index (χ4v) is 5.01. The Morgan fingerprint density at radius 1 is 1.20 bits per heavy atom. The monoisotopic (exact) mass is 495 g/mol. The summed E-state index contributed by atoms with van der Waals surface area (Å²) in [6.07, 6.45) is 4.87. The van der Waals surface area contributed by atoms with Gasteiger partial charge in [-0.3, -0.25) is 9.69 Å². The molecule has 2 aromatic carbocycles. The SMILES string of the molecule is CNC/C=C(\C=N)Nc1cc2c(cc1Cl)CCN(CCC(O)CN1CCc3ccccc3C1)C2=O. The van der Waals surface area contributed by atoms with E-state index in [9.17, 15) is 9.90 Å². The third kappa shape index (κ3) is 6.30. The van der Waals surface area contributed by atoms with Crippen molar-refractivity contribution in [2.24, 2.45) is 0 Å². The number of hydrogen-bond acceptors (Lipinski definition) is 6. The molecule has 186 valence electrons. The summed E-state index contributed by atoms with van der Waals surface area (Å²) in [6, 6.07) is 12.1. The maximum Gasteiger partial charge on any atom is 0.254 e. The van der Waals surface area contributed by atoms with Crippen LogP contribution in [0.5, 0.6) is 0 Å². The molecule has 1 atom stereocenters. The second kappa shape index (κ2) is 11.8. The molecule has 8 heteroatoms. The Morgan fingerprint density at radius 2 is 1.97 bits per heavy atom. The summed E-state index contributed by atoms with van der Waals surface area (Å²) in [5.74, 6) is -0.0410. The predicted octanol–water partition coefficient (Wildman–Crippen LogP) is 3.31. The van der Waals surface area contributed by atoms with Crippen LogP contribution in [0.1, 0.15) is 33.5 Å². The molecule has 4 rings (SSSR count). The van der Waals surface area contributed by atoms with Crippen molar-refractivity contribution in [3.63, 3.8) is 0 Å². The number of rotatable bonds is 10. The van der Waals surface area contributed by atoms with Crippen molar-refractivity contribution in [3.05, 3.63) is 75.4 Å². The third-order valence-electron chi connectivity index (χ3n) is 6.73. The van der Waals surface area contributed by atoms with Gasteiger partial charge in [0.2, 0.25) is 0 Å². The lowest BCUT2D eigenvalue weighted by Gasteiger charge is -2.32. The third-order valence-corrected chi connectivity index (χ3v) is 7.05. The van der Waals surface area contributed by atoms with Crippen LogP contribution < -0.4 is 10.6 Å². The molecule has 2 aromatic rings. The zero-order chi connectivity index (χ0) is 24.8. The predicted molar refractivity (Wildman–Crippen MR) is 142 cm³/mol. The molecule has 0 fully saturated rings. The van der Waals surface area contributed by atoms with Gasteiger partial charge in [0.15, 0.2) is 0 Å². The quantitative estimate of drug-likeness (QED) is 0.380. The number of carbonyl (C=O) groups excluding carboxylic acids is 1. The fraction of sp³-hybridized carbons (Fsp3) is 0.407. The van der Waals surface area contributed by atoms with Crippen LogP contribution in [0.2, 0.25) is 5.02 Å². The van der Waals surface area contributed by atoms with Crippen LogP contribution >= 0.6 is 11.6 Å². The summed E-state index contributed by atoms with van der Waals surface area (Å²) < 4.78 is 0. The number of allylic oxidation sites excluding steroid dienone is 1. The van der Waals surface area contributed by atoms with Gasteiger partial charge in [-0.1, -0.05) is 35.9 Å². The van der Waals surface area contributed by atoms with E-state index in [-0.39, 0.29) is 5.91 Å². The van der Waals surface area contributed by atoms with Crippen molar-refractivity contribution >= 4 is 29.4 Å². The van der Waals surface area contributed by atoms with Gasteiger partial charge in [-0.25, -0.2) is 0 Å². The number of aliphatic hydroxyl groups excluding tert-OH is 1. The van der Waals surface area contributed by atoms with E-state index >= 15 is 0 Å². The Labute approximate surface area is 212 Å². The van der Waals surface area contributed by atoms with Crippen LogP contribution in [0.25, 0.3) is 0 Å². The molecule has 0 bridgehead atoms. The molecule has 0 aromatic heterocycles. The summed E-state index contributed by atoms with van der Waals surface area (Å²) in [5.41, 5.74) is 5.51. The largest absolute Gasteiger partial charge is 0.392 e. The summed E-state index contributed by atoms with van der Waals surface area (Å²) >= 11 is 6.46. The van der Waals surface area contributed by atoms with Crippen LogP contribution in [0.15, 0.2) is 48.2 Å². The molecule has 2 aliphatic rings. The Balaban J connectivity index is 1.35. The van der Waals surface area contributed by atoms with E-state index < -0.39 is 6.10 Å². The zero-order valence-electron chi connectivity index (χ0n) is 20.2. The van der Waals surface area contributed by atoms with Crippen molar-refractivity contribution in [2.45, 2.75) is 31.9 Å². The molecule has 0 saturated carbocycles. The molecule has 0 saturated heterocycles. The number of nitrogens with one attached hydrogen (secondary N) is 3. The first kappa shape index (κ1) is 25.4. The van der Waals surface area contributed by atoms with Crippen molar-refractivity contribution in [2.75, 3.05) is 45.1 Å². The number of benzene rings is 2. The van der Waals surface area contributed by atoms with Crippen LogP contribution in [0.4, 0.5) is 5.69 Å². The molecule has 1 unspecified atom stereocenters. The number of β-amino-alcohol motifs (C(OH)–C–C–N with tert-alkyl or cyclic N) is 1. The van der Waals surface area contributed by atoms with E-state index in [1.807, 2.05) is 24.1 Å². The summed E-state index contributed by atoms with van der Waals surface area (Å²) in [7, 11) is 1.83. The molecule has 0 spiro atoms. The number of nitrogens with zero attached hydrogens (tertiary/aromatic N) is 2. The highest BCUT2D eigenvalue weighted by Gasteiger charge is 2.27. The first-order valence-corrected chi connectivity index (χ1v) is 12.6. The van der Waals surface area contributed by atoms with Crippen molar-refractivity contribution < 1.29 is 9.90 Å². The molecule has 4 N–H and O–H groups in total. The lowest BCUT2D eigenvalue weighted by molar-refractivity contribution is 0.0645. The number of aliphatic hydroxyl groups is 1. The average Bonchev–Trinajstić information content (AvgIpc) is 2.86. The minimum absolute atomic E-state index is 0.0410. The van der Waals surface area contributed by atoms with Crippen molar-refractivity contribution in [1.82, 2.24) is 15.1 Å². The number of carbonyl (C=O) groups is 1. The highest BCUT2D eigenvalue weighted by molar-refractivity contribution is 6.33. The van der Waals surface area contributed by atoms with E-state index in [2.05, 4.69) is 39.8 Å². The molecular weight excluding hydrogens is 462 g/mol. The van der Waals surface area contributed by atoms with Gasteiger partial charge >= 0.3 is 0 Å². The molecule has 2 heterocycles. The highest BCUT2D eigenvalue weighted by Crippen LogP contribution is 2.31. The standard InChI is InChI=1S/C27H34ClN5O2/c1-30-10-6-22(16-29)31-26-15-24-20(14-25(26)28)8-12-33(27(24)35)13-9-23(34)18-32-11-7-19-4-2-3-5-21(19)17-32/h2-6,14-16,23,29-31,34H,7-13,17-18H2,1H3/b22-6+,29-16?. The summed E-state index contributed by atoms with van der Waals surface area (Å²) in [6.45, 7) is 4.16. The lowest BCUT2D eigenvalue weighted by atomic mass is 9.97. The van der Waals surface area contributed by atoms with Gasteiger partial charge < -0.3 is 26.0 Å². The van der Waals surface area contributed by atoms with Crippen LogP contribution in [-0.4, -0.2) is 72.9 Å². The van der Waals surface area contributed by atoms with E-state index in [4.69, 9.17) is 17.0 Å². The average molecular weight is 496 g/mol. The van der Waals surface area contributed by atoms with Gasteiger partial charge in [0, 0.05) is 51.0 Å². The zero-order valence-corrected chi connectivity index (χ0v) is 20.9.